The summed E-state index contributed by atoms with van der Waals surface area (Å²) in [5.74, 6) is -4.74. The fourth-order valence-electron chi connectivity index (χ4n) is 4.13. The second kappa shape index (κ2) is 8.50. The predicted molar refractivity (Wildman–Crippen MR) is 112 cm³/mol. The molecule has 1 amide bonds. The largest absolute Gasteiger partial charge is 0.371 e. The molecule has 2 aliphatic heterocycles. The highest BCUT2D eigenvalue weighted by Crippen LogP contribution is 2.30. The van der Waals surface area contributed by atoms with Crippen molar-refractivity contribution >= 4 is 27.4 Å². The number of hydrogen-bond acceptors (Lipinski definition) is 8. The molecule has 1 atom stereocenters. The third-order valence-electron chi connectivity index (χ3n) is 5.92. The molecule has 3 heterocycles. The smallest absolute Gasteiger partial charge is 0.322 e. The lowest BCUT2D eigenvalue weighted by Crippen LogP contribution is -2.47. The summed E-state index contributed by atoms with van der Waals surface area (Å²) in [7, 11) is -3.53. The molecule has 2 saturated heterocycles. The third kappa shape index (κ3) is 4.92. The lowest BCUT2D eigenvalue weighted by Gasteiger charge is -2.36. The SMILES string of the molecule is CC(F)(F)c1nc(N2CCC(N3CC[C@H](Nc4ccc(S(C)(=O)=O)cc4F)C3=O)CC2)no1. The lowest BCUT2D eigenvalue weighted by atomic mass is 10.0. The topological polar surface area (TPSA) is 109 Å². The van der Waals surface area contributed by atoms with Crippen molar-refractivity contribution in [2.24, 2.45) is 0 Å². The van der Waals surface area contributed by atoms with Gasteiger partial charge in [0, 0.05) is 38.9 Å². The molecule has 9 nitrogen and oxygen atoms in total. The van der Waals surface area contributed by atoms with E-state index < -0.39 is 33.5 Å². The van der Waals surface area contributed by atoms with E-state index in [1.54, 1.807) is 9.80 Å². The number of aromatic nitrogens is 2. The van der Waals surface area contributed by atoms with Crippen molar-refractivity contribution in [2.45, 2.75) is 49.1 Å². The Kier molecular flexibility index (Phi) is 6.01. The highest BCUT2D eigenvalue weighted by Gasteiger charge is 2.38. The minimum Gasteiger partial charge on any atom is -0.371 e. The molecular weight excluding hydrogens is 463 g/mol. The van der Waals surface area contributed by atoms with E-state index in [1.807, 2.05) is 0 Å². The summed E-state index contributed by atoms with van der Waals surface area (Å²) in [6.45, 7) is 2.13. The normalized spacial score (nSPS) is 20.5. The molecule has 2 aromatic rings. The molecule has 0 bridgehead atoms. The lowest BCUT2D eigenvalue weighted by molar-refractivity contribution is -0.130. The zero-order chi connectivity index (χ0) is 24.0. The van der Waals surface area contributed by atoms with Crippen molar-refractivity contribution in [1.82, 2.24) is 15.0 Å². The van der Waals surface area contributed by atoms with Gasteiger partial charge in [-0.15, -0.1) is 0 Å². The second-order valence-electron chi connectivity index (χ2n) is 8.44. The van der Waals surface area contributed by atoms with Gasteiger partial charge in [0.25, 0.3) is 11.8 Å². The van der Waals surface area contributed by atoms with Gasteiger partial charge in [0.2, 0.25) is 5.91 Å². The molecule has 1 aromatic heterocycles. The Morgan fingerprint density at radius 2 is 1.88 bits per heavy atom. The van der Waals surface area contributed by atoms with Gasteiger partial charge >= 0.3 is 5.92 Å². The van der Waals surface area contributed by atoms with Crippen LogP contribution in [0, 0.1) is 5.82 Å². The maximum atomic E-state index is 14.4. The van der Waals surface area contributed by atoms with Gasteiger partial charge in [-0.1, -0.05) is 0 Å². The Labute approximate surface area is 188 Å². The molecule has 0 radical (unpaired) electrons. The molecule has 33 heavy (non-hydrogen) atoms. The fraction of sp³-hybridized carbons (Fsp3) is 0.550. The van der Waals surface area contributed by atoms with Crippen molar-refractivity contribution in [3.05, 3.63) is 29.9 Å². The minimum absolute atomic E-state index is 0.0444. The quantitative estimate of drug-likeness (QED) is 0.662. The molecule has 4 rings (SSSR count). The molecule has 0 saturated carbocycles. The molecule has 1 N–H and O–H groups in total. The van der Waals surface area contributed by atoms with Crippen LogP contribution < -0.4 is 10.2 Å². The van der Waals surface area contributed by atoms with E-state index in [1.165, 1.54) is 12.1 Å². The van der Waals surface area contributed by atoms with E-state index in [0.717, 1.165) is 12.3 Å². The van der Waals surface area contributed by atoms with Crippen molar-refractivity contribution in [3.8, 4) is 0 Å². The van der Waals surface area contributed by atoms with Gasteiger partial charge in [0.15, 0.2) is 9.84 Å². The van der Waals surface area contributed by atoms with Crippen molar-refractivity contribution in [3.63, 3.8) is 0 Å². The number of benzene rings is 1. The molecule has 0 aliphatic carbocycles. The number of hydrogen-bond donors (Lipinski definition) is 1. The summed E-state index contributed by atoms with van der Waals surface area (Å²) in [4.78, 5) is 20.0. The Bertz CT molecular complexity index is 1140. The molecule has 0 spiro atoms. The number of alkyl halides is 2. The molecular formula is C20H24F3N5O4S. The first-order valence-corrected chi connectivity index (χ1v) is 12.4. The van der Waals surface area contributed by atoms with Gasteiger partial charge in [0.1, 0.15) is 11.9 Å². The standard InChI is InChI=1S/C20H24F3N5O4S/c1-20(22,23)18-25-19(26-32-18)27-8-5-12(6-9-27)28-10-7-16(17(28)29)24-15-4-3-13(11-14(15)21)33(2,30)31/h3-4,11-12,16,24H,5-10H2,1-2H3/t16-/m0/s1. The Balaban J connectivity index is 1.35. The molecule has 1 aromatic carbocycles. The van der Waals surface area contributed by atoms with Crippen LogP contribution in [0.5, 0.6) is 0 Å². The summed E-state index contributed by atoms with van der Waals surface area (Å²) in [6, 6.07) is 2.89. The monoisotopic (exact) mass is 487 g/mol. The van der Waals surface area contributed by atoms with Gasteiger partial charge in [0.05, 0.1) is 10.6 Å². The minimum atomic E-state index is -3.53. The zero-order valence-electron chi connectivity index (χ0n) is 18.1. The van der Waals surface area contributed by atoms with Crippen LogP contribution in [-0.4, -0.2) is 67.3 Å². The Morgan fingerprint density at radius 3 is 2.45 bits per heavy atom. The average Bonchev–Trinajstić information content (AvgIpc) is 3.37. The van der Waals surface area contributed by atoms with E-state index in [0.29, 0.717) is 45.8 Å². The number of piperidine rings is 1. The molecule has 2 fully saturated rings. The number of nitrogens with one attached hydrogen (secondary N) is 1. The van der Waals surface area contributed by atoms with Crippen LogP contribution in [0.3, 0.4) is 0 Å². The summed E-state index contributed by atoms with van der Waals surface area (Å²) in [6.07, 6.45) is 2.67. The van der Waals surface area contributed by atoms with Crippen LogP contribution in [0.1, 0.15) is 32.1 Å². The van der Waals surface area contributed by atoms with E-state index in [4.69, 9.17) is 0 Å². The maximum absolute atomic E-state index is 14.4. The summed E-state index contributed by atoms with van der Waals surface area (Å²) < 4.78 is 68.8. The first-order chi connectivity index (χ1) is 15.4. The van der Waals surface area contributed by atoms with Crippen LogP contribution in [0.25, 0.3) is 0 Å². The molecule has 0 unspecified atom stereocenters. The number of carbonyl (C=O) groups is 1. The molecule has 180 valence electrons. The van der Waals surface area contributed by atoms with Crippen molar-refractivity contribution in [1.29, 1.82) is 0 Å². The van der Waals surface area contributed by atoms with E-state index >= 15 is 0 Å². The fourth-order valence-corrected chi connectivity index (χ4v) is 4.76. The Morgan fingerprint density at radius 1 is 1.18 bits per heavy atom. The van der Waals surface area contributed by atoms with Crippen LogP contribution >= 0.6 is 0 Å². The van der Waals surface area contributed by atoms with Crippen molar-refractivity contribution in [2.75, 3.05) is 36.1 Å². The van der Waals surface area contributed by atoms with Crippen LogP contribution in [-0.2, 0) is 20.6 Å². The summed E-state index contributed by atoms with van der Waals surface area (Å²) >= 11 is 0. The van der Waals surface area contributed by atoms with Gasteiger partial charge in [-0.2, -0.15) is 13.8 Å². The number of anilines is 2. The van der Waals surface area contributed by atoms with Crippen LogP contribution in [0.4, 0.5) is 24.8 Å². The van der Waals surface area contributed by atoms with Gasteiger partial charge in [-0.25, -0.2) is 12.8 Å². The van der Waals surface area contributed by atoms with Gasteiger partial charge in [-0.3, -0.25) is 4.79 Å². The number of sulfone groups is 1. The number of nitrogens with zero attached hydrogens (tertiary/aromatic N) is 4. The second-order valence-corrected chi connectivity index (χ2v) is 10.5. The van der Waals surface area contributed by atoms with E-state index in [9.17, 15) is 26.4 Å². The number of likely N-dealkylation sites (tertiary alicyclic amines) is 1. The van der Waals surface area contributed by atoms with E-state index in [-0.39, 0.29) is 28.5 Å². The summed E-state index contributed by atoms with van der Waals surface area (Å²) in [5.41, 5.74) is 0.0676. The number of halogens is 3. The van der Waals surface area contributed by atoms with E-state index in [2.05, 4.69) is 20.0 Å². The third-order valence-corrected chi connectivity index (χ3v) is 7.03. The molecule has 2 aliphatic rings. The van der Waals surface area contributed by atoms with Gasteiger partial charge in [-0.05, 0) is 42.6 Å². The first-order valence-electron chi connectivity index (χ1n) is 10.5. The van der Waals surface area contributed by atoms with Crippen LogP contribution in [0.2, 0.25) is 0 Å². The number of carbonyl (C=O) groups excluding carboxylic acids is 1. The number of amides is 1. The maximum Gasteiger partial charge on any atom is 0.322 e. The number of rotatable bonds is 6. The first kappa shape index (κ1) is 23.3. The summed E-state index contributed by atoms with van der Waals surface area (Å²) in [5, 5.41) is 6.51. The highest BCUT2D eigenvalue weighted by atomic mass is 32.2. The van der Waals surface area contributed by atoms with Crippen LogP contribution in [0.15, 0.2) is 27.6 Å². The van der Waals surface area contributed by atoms with Crippen molar-refractivity contribution < 1.29 is 30.9 Å². The average molecular weight is 488 g/mol. The van der Waals surface area contributed by atoms with Gasteiger partial charge < -0.3 is 19.6 Å². The highest BCUT2D eigenvalue weighted by molar-refractivity contribution is 7.90. The Hall–Kier alpha value is -2.83. The zero-order valence-corrected chi connectivity index (χ0v) is 18.9. The molecule has 13 heteroatoms. The predicted octanol–water partition coefficient (Wildman–Crippen LogP) is 2.41.